The highest BCUT2D eigenvalue weighted by Crippen LogP contribution is 2.36. The van der Waals surface area contributed by atoms with Gasteiger partial charge in [-0.1, -0.05) is 18.5 Å². The number of esters is 2. The number of carbonyl (C=O) groups excluding carboxylic acids is 4. The third-order valence-electron chi connectivity index (χ3n) is 4.93. The Morgan fingerprint density at radius 2 is 1.76 bits per heavy atom. The summed E-state index contributed by atoms with van der Waals surface area (Å²) in [6, 6.07) is 2.23. The summed E-state index contributed by atoms with van der Waals surface area (Å²) in [5.74, 6) is -3.63. The van der Waals surface area contributed by atoms with E-state index in [9.17, 15) is 23.6 Å². The molecule has 0 saturated carbocycles. The molecule has 1 aromatic carbocycles. The van der Waals surface area contributed by atoms with Gasteiger partial charge < -0.3 is 14.2 Å². The van der Waals surface area contributed by atoms with Crippen LogP contribution in [0.2, 0.25) is 5.02 Å². The van der Waals surface area contributed by atoms with Crippen molar-refractivity contribution < 1.29 is 37.8 Å². The third-order valence-corrected chi connectivity index (χ3v) is 6.38. The number of benzene rings is 1. The van der Waals surface area contributed by atoms with Gasteiger partial charge in [0.25, 0.3) is 5.91 Å². The van der Waals surface area contributed by atoms with Gasteiger partial charge in [0, 0.05) is 29.6 Å². The van der Waals surface area contributed by atoms with Gasteiger partial charge in [0.1, 0.15) is 5.82 Å². The Hall–Kier alpha value is -2.43. The van der Waals surface area contributed by atoms with E-state index in [0.29, 0.717) is 24.2 Å². The average molecular weight is 516 g/mol. The lowest BCUT2D eigenvalue weighted by molar-refractivity contribution is -0.150. The second kappa shape index (κ2) is 13.5. The Balaban J connectivity index is 2.49. The van der Waals surface area contributed by atoms with E-state index < -0.39 is 29.6 Å². The number of anilines is 1. The van der Waals surface area contributed by atoms with Crippen molar-refractivity contribution in [3.8, 4) is 0 Å². The zero-order valence-electron chi connectivity index (χ0n) is 19.3. The number of thioether (sulfide) groups is 1. The van der Waals surface area contributed by atoms with Crippen LogP contribution in [0.3, 0.4) is 0 Å². The molecule has 2 rings (SSSR count). The molecule has 1 aliphatic rings. The first kappa shape index (κ1) is 27.8. The smallest absolute Gasteiger partial charge is 0.336 e. The monoisotopic (exact) mass is 515 g/mol. The number of hydrogen-bond donors (Lipinski definition) is 0. The quantitative estimate of drug-likeness (QED) is 0.256. The summed E-state index contributed by atoms with van der Waals surface area (Å²) < 4.78 is 29.6. The predicted molar refractivity (Wildman–Crippen MR) is 125 cm³/mol. The van der Waals surface area contributed by atoms with E-state index in [0.717, 1.165) is 22.7 Å². The van der Waals surface area contributed by atoms with Crippen LogP contribution < -0.4 is 4.90 Å². The van der Waals surface area contributed by atoms with Gasteiger partial charge in [0.2, 0.25) is 5.91 Å². The molecule has 0 N–H and O–H groups in total. The summed E-state index contributed by atoms with van der Waals surface area (Å²) in [5.41, 5.74) is -0.0620. The molecular weight excluding hydrogens is 489 g/mol. The fourth-order valence-electron chi connectivity index (χ4n) is 3.36. The van der Waals surface area contributed by atoms with Gasteiger partial charge in [-0.2, -0.15) is 0 Å². The molecule has 0 spiro atoms. The lowest BCUT2D eigenvalue weighted by atomic mass is 9.90. The summed E-state index contributed by atoms with van der Waals surface area (Å²) in [6.45, 7) is 3.13. The van der Waals surface area contributed by atoms with Crippen LogP contribution in [0.25, 0.3) is 0 Å². The van der Waals surface area contributed by atoms with Crippen LogP contribution in [0.15, 0.2) is 28.2 Å². The SMILES string of the molecule is CCOC(=O)CSc1cc(N(C(=O)CC)C(=O)C2=C(C(=O)OCOC)CCCC2)c(F)cc1Cl. The fourth-order valence-corrected chi connectivity index (χ4v) is 4.42. The molecule has 2 amide bonds. The highest BCUT2D eigenvalue weighted by molar-refractivity contribution is 8.00. The standard InChI is InChI=1S/C23H27ClFNO7S/c1-4-20(27)26(22(29)14-8-6-7-9-15(14)23(30)33-13-31-3)18-11-19(16(24)10-17(18)25)34-12-21(28)32-5-2/h10-11H,4-9,12-13H2,1-3H3. The van der Waals surface area contributed by atoms with Gasteiger partial charge in [0.15, 0.2) is 6.79 Å². The first-order chi connectivity index (χ1) is 16.2. The average Bonchev–Trinajstić information content (AvgIpc) is 2.83. The van der Waals surface area contributed by atoms with Gasteiger partial charge in [-0.05, 0) is 44.7 Å². The van der Waals surface area contributed by atoms with Crippen molar-refractivity contribution in [2.75, 3.05) is 31.2 Å². The van der Waals surface area contributed by atoms with E-state index in [4.69, 9.17) is 25.8 Å². The lowest BCUT2D eigenvalue weighted by Crippen LogP contribution is -2.39. The molecule has 1 aliphatic carbocycles. The van der Waals surface area contributed by atoms with E-state index in [2.05, 4.69) is 0 Å². The van der Waals surface area contributed by atoms with E-state index in [1.54, 1.807) is 6.92 Å². The Morgan fingerprint density at radius 1 is 1.09 bits per heavy atom. The zero-order valence-corrected chi connectivity index (χ0v) is 20.9. The fraction of sp³-hybridized carbons (Fsp3) is 0.478. The summed E-state index contributed by atoms with van der Waals surface area (Å²) in [5, 5.41) is 0.0209. The van der Waals surface area contributed by atoms with Gasteiger partial charge >= 0.3 is 11.9 Å². The molecule has 0 unspecified atom stereocenters. The molecule has 0 aromatic heterocycles. The second-order valence-electron chi connectivity index (χ2n) is 7.22. The molecule has 0 heterocycles. The topological polar surface area (TPSA) is 99.2 Å². The van der Waals surface area contributed by atoms with Crippen LogP contribution >= 0.6 is 23.4 Å². The maximum absolute atomic E-state index is 15.0. The molecular formula is C23H27ClFNO7S. The molecule has 34 heavy (non-hydrogen) atoms. The third kappa shape index (κ3) is 7.04. The summed E-state index contributed by atoms with van der Waals surface area (Å²) in [6.07, 6.45) is 1.74. The number of hydrogen-bond acceptors (Lipinski definition) is 8. The van der Waals surface area contributed by atoms with Crippen LogP contribution in [-0.4, -0.2) is 50.0 Å². The molecule has 0 bridgehead atoms. The highest BCUT2D eigenvalue weighted by Gasteiger charge is 2.33. The minimum Gasteiger partial charge on any atom is -0.465 e. The van der Waals surface area contributed by atoms with Crippen molar-refractivity contribution in [2.45, 2.75) is 50.8 Å². The van der Waals surface area contributed by atoms with Crippen molar-refractivity contribution >= 4 is 52.8 Å². The van der Waals surface area contributed by atoms with Gasteiger partial charge in [-0.15, -0.1) is 11.8 Å². The molecule has 8 nitrogen and oxygen atoms in total. The number of methoxy groups -OCH3 is 1. The number of nitrogens with zero attached hydrogens (tertiary/aromatic N) is 1. The number of amides is 2. The Bertz CT molecular complexity index is 982. The zero-order chi connectivity index (χ0) is 25.3. The summed E-state index contributed by atoms with van der Waals surface area (Å²) in [7, 11) is 1.36. The molecule has 0 fully saturated rings. The molecule has 11 heteroatoms. The summed E-state index contributed by atoms with van der Waals surface area (Å²) in [4.78, 5) is 51.6. The van der Waals surface area contributed by atoms with Crippen molar-refractivity contribution in [1.82, 2.24) is 0 Å². The largest absolute Gasteiger partial charge is 0.465 e. The number of carbonyl (C=O) groups is 4. The molecule has 0 radical (unpaired) electrons. The number of rotatable bonds is 10. The second-order valence-corrected chi connectivity index (χ2v) is 8.64. The first-order valence-corrected chi connectivity index (χ1v) is 12.1. The van der Waals surface area contributed by atoms with E-state index in [1.807, 2.05) is 0 Å². The van der Waals surface area contributed by atoms with Crippen LogP contribution in [0.1, 0.15) is 46.0 Å². The van der Waals surface area contributed by atoms with E-state index >= 15 is 0 Å². The number of ether oxygens (including phenoxy) is 3. The molecule has 1 aromatic rings. The van der Waals surface area contributed by atoms with Gasteiger partial charge in [-0.25, -0.2) is 14.1 Å². The van der Waals surface area contributed by atoms with Crippen LogP contribution in [-0.2, 0) is 33.4 Å². The lowest BCUT2D eigenvalue weighted by Gasteiger charge is -2.26. The molecule has 0 saturated heterocycles. The first-order valence-electron chi connectivity index (χ1n) is 10.8. The van der Waals surface area contributed by atoms with Crippen LogP contribution in [0.5, 0.6) is 0 Å². The Kier molecular flexibility index (Phi) is 11.0. The summed E-state index contributed by atoms with van der Waals surface area (Å²) >= 11 is 7.13. The minimum absolute atomic E-state index is 0.0209. The van der Waals surface area contributed by atoms with Crippen molar-refractivity contribution in [3.05, 3.63) is 34.1 Å². The predicted octanol–water partition coefficient (Wildman–Crippen LogP) is 4.42. The van der Waals surface area contributed by atoms with Crippen molar-refractivity contribution in [2.24, 2.45) is 0 Å². The maximum atomic E-state index is 15.0. The van der Waals surface area contributed by atoms with Gasteiger partial charge in [-0.3, -0.25) is 14.4 Å². The highest BCUT2D eigenvalue weighted by atomic mass is 35.5. The molecule has 186 valence electrons. The van der Waals surface area contributed by atoms with Crippen molar-refractivity contribution in [3.63, 3.8) is 0 Å². The van der Waals surface area contributed by atoms with E-state index in [-0.39, 0.29) is 53.9 Å². The van der Waals surface area contributed by atoms with Crippen LogP contribution in [0.4, 0.5) is 10.1 Å². The Morgan fingerprint density at radius 3 is 2.38 bits per heavy atom. The molecule has 0 aliphatic heterocycles. The normalized spacial score (nSPS) is 13.4. The number of imide groups is 1. The molecule has 0 atom stereocenters. The van der Waals surface area contributed by atoms with Crippen molar-refractivity contribution in [1.29, 1.82) is 0 Å². The van der Waals surface area contributed by atoms with E-state index in [1.165, 1.54) is 20.1 Å². The minimum atomic E-state index is -0.888. The van der Waals surface area contributed by atoms with Gasteiger partial charge in [0.05, 0.1) is 23.1 Å². The maximum Gasteiger partial charge on any atom is 0.336 e. The Labute approximate surface area is 206 Å². The van der Waals surface area contributed by atoms with Crippen LogP contribution in [0, 0.1) is 5.82 Å². The number of halogens is 2.